The summed E-state index contributed by atoms with van der Waals surface area (Å²) in [6, 6.07) is 9.13. The smallest absolute Gasteiger partial charge is 0.321 e. The predicted octanol–water partition coefficient (Wildman–Crippen LogP) is 1.90. The number of rotatable bonds is 5. The first-order chi connectivity index (χ1) is 11.0. The average Bonchev–Trinajstić information content (AvgIpc) is 2.86. The van der Waals surface area contributed by atoms with Crippen LogP contribution in [0.5, 0.6) is 0 Å². The average molecular weight is 333 g/mol. The van der Waals surface area contributed by atoms with Crippen LogP contribution in [0.3, 0.4) is 0 Å². The number of hydrogen-bond donors (Lipinski definition) is 2. The van der Waals surface area contributed by atoms with Crippen molar-refractivity contribution >= 4 is 23.7 Å². The Morgan fingerprint density at radius 3 is 2.57 bits per heavy atom. The van der Waals surface area contributed by atoms with Crippen LogP contribution in [0.2, 0.25) is 0 Å². The van der Waals surface area contributed by atoms with Gasteiger partial charge in [-0.15, -0.1) is 10.2 Å². The van der Waals surface area contributed by atoms with E-state index in [1.54, 1.807) is 0 Å². The van der Waals surface area contributed by atoms with E-state index < -0.39 is 6.03 Å². The summed E-state index contributed by atoms with van der Waals surface area (Å²) in [4.78, 5) is 23.3. The summed E-state index contributed by atoms with van der Waals surface area (Å²) in [5.41, 5.74) is 0.926. The molecule has 0 saturated carbocycles. The fourth-order valence-electron chi connectivity index (χ4n) is 1.90. The number of aromatic nitrogens is 3. The fraction of sp³-hybridized carbons (Fsp3) is 0.333. The van der Waals surface area contributed by atoms with Gasteiger partial charge < -0.3 is 5.32 Å². The van der Waals surface area contributed by atoms with Gasteiger partial charge in [0.2, 0.25) is 5.91 Å². The zero-order valence-corrected chi connectivity index (χ0v) is 14.1. The Kier molecular flexibility index (Phi) is 5.75. The van der Waals surface area contributed by atoms with Gasteiger partial charge in [-0.2, -0.15) is 0 Å². The molecule has 0 aliphatic heterocycles. The van der Waals surface area contributed by atoms with E-state index in [0.717, 1.165) is 11.5 Å². The van der Waals surface area contributed by atoms with Gasteiger partial charge in [0.15, 0.2) is 5.16 Å². The number of imide groups is 1. The molecule has 23 heavy (non-hydrogen) atoms. The van der Waals surface area contributed by atoms with Gasteiger partial charge in [-0.1, -0.05) is 30.0 Å². The molecule has 8 heteroatoms. The maximum Gasteiger partial charge on any atom is 0.321 e. The van der Waals surface area contributed by atoms with Gasteiger partial charge in [0.25, 0.3) is 0 Å². The monoisotopic (exact) mass is 333 g/mol. The van der Waals surface area contributed by atoms with Crippen LogP contribution in [0.15, 0.2) is 35.5 Å². The molecule has 0 spiro atoms. The zero-order chi connectivity index (χ0) is 16.8. The third-order valence-electron chi connectivity index (χ3n) is 2.81. The number of urea groups is 1. The summed E-state index contributed by atoms with van der Waals surface area (Å²) in [7, 11) is 0. The molecule has 0 fully saturated rings. The van der Waals surface area contributed by atoms with Crippen LogP contribution < -0.4 is 10.6 Å². The molecule has 1 heterocycles. The Morgan fingerprint density at radius 1 is 1.22 bits per heavy atom. The summed E-state index contributed by atoms with van der Waals surface area (Å²) in [5.74, 6) is 0.432. The van der Waals surface area contributed by atoms with Crippen LogP contribution in [-0.2, 0) is 4.79 Å². The van der Waals surface area contributed by atoms with Crippen LogP contribution in [0, 0.1) is 6.92 Å². The molecule has 1 aromatic carbocycles. The number of benzene rings is 1. The fourth-order valence-corrected chi connectivity index (χ4v) is 2.70. The lowest BCUT2D eigenvalue weighted by Crippen LogP contribution is -2.43. The van der Waals surface area contributed by atoms with Gasteiger partial charge in [-0.05, 0) is 32.9 Å². The Morgan fingerprint density at radius 2 is 1.91 bits per heavy atom. The minimum Gasteiger partial charge on any atom is -0.336 e. The normalized spacial score (nSPS) is 10.6. The molecule has 2 N–H and O–H groups in total. The highest BCUT2D eigenvalue weighted by Crippen LogP contribution is 2.21. The van der Waals surface area contributed by atoms with E-state index in [9.17, 15) is 9.59 Å². The van der Waals surface area contributed by atoms with Crippen molar-refractivity contribution in [3.05, 3.63) is 36.2 Å². The molecule has 0 unspecified atom stereocenters. The molecule has 2 rings (SSSR count). The second kappa shape index (κ2) is 7.77. The van der Waals surface area contributed by atoms with Crippen molar-refractivity contribution in [2.45, 2.75) is 32.0 Å². The first-order valence-corrected chi connectivity index (χ1v) is 8.16. The number of aryl methyl sites for hydroxylation is 1. The molecule has 2 aromatic rings. The number of carbonyl (C=O) groups excluding carboxylic acids is 2. The summed E-state index contributed by atoms with van der Waals surface area (Å²) < 4.78 is 1.87. The maximum atomic E-state index is 11.8. The van der Waals surface area contributed by atoms with Gasteiger partial charge in [-0.3, -0.25) is 14.7 Å². The number of amides is 3. The predicted molar refractivity (Wildman–Crippen MR) is 88.6 cm³/mol. The van der Waals surface area contributed by atoms with Gasteiger partial charge >= 0.3 is 6.03 Å². The second-order valence-corrected chi connectivity index (χ2v) is 6.11. The van der Waals surface area contributed by atoms with Crippen LogP contribution in [0.1, 0.15) is 19.7 Å². The molecule has 1 aromatic heterocycles. The molecule has 122 valence electrons. The van der Waals surface area contributed by atoms with E-state index in [-0.39, 0.29) is 17.7 Å². The lowest BCUT2D eigenvalue weighted by Gasteiger charge is -2.10. The Balaban J connectivity index is 1.99. The van der Waals surface area contributed by atoms with E-state index in [2.05, 4.69) is 20.8 Å². The largest absolute Gasteiger partial charge is 0.336 e. The third-order valence-corrected chi connectivity index (χ3v) is 3.74. The lowest BCUT2D eigenvalue weighted by atomic mass is 10.3. The first kappa shape index (κ1) is 17.0. The number of nitrogens with zero attached hydrogens (tertiary/aromatic N) is 3. The van der Waals surface area contributed by atoms with Gasteiger partial charge in [0, 0.05) is 11.7 Å². The van der Waals surface area contributed by atoms with Crippen molar-refractivity contribution in [2.24, 2.45) is 0 Å². The molecular weight excluding hydrogens is 314 g/mol. The number of para-hydroxylation sites is 1. The lowest BCUT2D eigenvalue weighted by molar-refractivity contribution is -0.117. The van der Waals surface area contributed by atoms with Crippen LogP contribution in [0.25, 0.3) is 5.69 Å². The molecular formula is C15H19N5O2S. The highest BCUT2D eigenvalue weighted by molar-refractivity contribution is 7.99. The van der Waals surface area contributed by atoms with Crippen molar-refractivity contribution in [3.63, 3.8) is 0 Å². The molecule has 0 radical (unpaired) electrons. The molecule has 0 atom stereocenters. The third kappa shape index (κ3) is 4.82. The number of nitrogens with one attached hydrogen (secondary N) is 2. The summed E-state index contributed by atoms with van der Waals surface area (Å²) in [6.45, 7) is 5.49. The van der Waals surface area contributed by atoms with Crippen molar-refractivity contribution < 1.29 is 9.59 Å². The van der Waals surface area contributed by atoms with Gasteiger partial charge in [0.05, 0.1) is 5.75 Å². The van der Waals surface area contributed by atoms with E-state index >= 15 is 0 Å². The van der Waals surface area contributed by atoms with Crippen LogP contribution in [0.4, 0.5) is 4.79 Å². The molecule has 0 bridgehead atoms. The van der Waals surface area contributed by atoms with E-state index in [4.69, 9.17) is 0 Å². The molecule has 0 aliphatic rings. The number of hydrogen-bond acceptors (Lipinski definition) is 5. The molecule has 0 aliphatic carbocycles. The maximum absolute atomic E-state index is 11.8. The van der Waals surface area contributed by atoms with Crippen LogP contribution in [-0.4, -0.2) is 38.5 Å². The highest BCUT2D eigenvalue weighted by Gasteiger charge is 2.14. The Bertz CT molecular complexity index is 684. The minimum absolute atomic E-state index is 0.0284. The Labute approximate surface area is 138 Å². The minimum atomic E-state index is -0.494. The Hall–Kier alpha value is -2.35. The summed E-state index contributed by atoms with van der Waals surface area (Å²) >= 11 is 1.23. The molecule has 7 nitrogen and oxygen atoms in total. The van der Waals surface area contributed by atoms with Gasteiger partial charge in [-0.25, -0.2) is 4.79 Å². The van der Waals surface area contributed by atoms with Crippen molar-refractivity contribution in [3.8, 4) is 5.69 Å². The molecule has 3 amide bonds. The van der Waals surface area contributed by atoms with Crippen LogP contribution >= 0.6 is 11.8 Å². The zero-order valence-electron chi connectivity index (χ0n) is 13.2. The van der Waals surface area contributed by atoms with Crippen molar-refractivity contribution in [2.75, 3.05) is 5.75 Å². The van der Waals surface area contributed by atoms with Gasteiger partial charge in [0.1, 0.15) is 5.82 Å². The SMILES string of the molecule is Cc1nnc(SCC(=O)NC(=O)NC(C)C)n1-c1ccccc1. The standard InChI is InChI=1S/C15H19N5O2S/c1-10(2)16-14(22)17-13(21)9-23-15-19-18-11(3)20(15)12-7-5-4-6-8-12/h4-8,10H,9H2,1-3H3,(H2,16,17,21,22). The van der Waals surface area contributed by atoms with Crippen molar-refractivity contribution in [1.29, 1.82) is 0 Å². The van der Waals surface area contributed by atoms with Crippen molar-refractivity contribution in [1.82, 2.24) is 25.4 Å². The van der Waals surface area contributed by atoms with E-state index in [0.29, 0.717) is 5.16 Å². The number of thioether (sulfide) groups is 1. The second-order valence-electron chi connectivity index (χ2n) is 5.17. The summed E-state index contributed by atoms with van der Waals surface area (Å²) in [6.07, 6.45) is 0. The number of carbonyl (C=O) groups is 2. The highest BCUT2D eigenvalue weighted by atomic mass is 32.2. The topological polar surface area (TPSA) is 88.9 Å². The van der Waals surface area contributed by atoms with E-state index in [1.807, 2.05) is 55.7 Å². The summed E-state index contributed by atoms with van der Waals surface area (Å²) in [5, 5.41) is 13.6. The molecule has 0 saturated heterocycles. The first-order valence-electron chi connectivity index (χ1n) is 7.18. The quantitative estimate of drug-likeness (QED) is 0.816. The van der Waals surface area contributed by atoms with E-state index in [1.165, 1.54) is 11.8 Å².